The third-order valence-electron chi connectivity index (χ3n) is 4.92. The van der Waals surface area contributed by atoms with Gasteiger partial charge in [-0.3, -0.25) is 4.79 Å². The number of carbonyl (C=O) groups is 1. The van der Waals surface area contributed by atoms with Gasteiger partial charge in [0.2, 0.25) is 0 Å². The standard InChI is InChI=1S/C20H23ClN2OS/c1-20(2,3)13-6-9-15-16(10-13)25-19(17(15)18(22)24)23-11-12-4-7-14(21)8-5-12/h4-5,7-8,11,13H,6,9-10H2,1-3H3,(H2,22,24)/b23-11+. The van der Waals surface area contributed by atoms with Gasteiger partial charge in [0.15, 0.2) is 0 Å². The third kappa shape index (κ3) is 3.96. The average molecular weight is 375 g/mol. The van der Waals surface area contributed by atoms with Gasteiger partial charge in [0.25, 0.3) is 5.91 Å². The van der Waals surface area contributed by atoms with E-state index in [1.165, 1.54) is 4.88 Å². The summed E-state index contributed by atoms with van der Waals surface area (Å²) in [7, 11) is 0. The van der Waals surface area contributed by atoms with Crippen LogP contribution in [0.5, 0.6) is 0 Å². The Morgan fingerprint density at radius 3 is 2.60 bits per heavy atom. The summed E-state index contributed by atoms with van der Waals surface area (Å²) in [6.45, 7) is 6.85. The predicted molar refractivity (Wildman–Crippen MR) is 107 cm³/mol. The first kappa shape index (κ1) is 18.2. The fraction of sp³-hybridized carbons (Fsp3) is 0.400. The summed E-state index contributed by atoms with van der Waals surface area (Å²) in [5, 5.41) is 1.41. The lowest BCUT2D eigenvalue weighted by Crippen LogP contribution is -2.27. The van der Waals surface area contributed by atoms with Crippen LogP contribution in [0.1, 0.15) is 53.6 Å². The van der Waals surface area contributed by atoms with Gasteiger partial charge in [-0.15, -0.1) is 11.3 Å². The molecule has 0 spiro atoms. The van der Waals surface area contributed by atoms with Crippen molar-refractivity contribution in [1.29, 1.82) is 0 Å². The first-order valence-corrected chi connectivity index (χ1v) is 9.69. The molecular weight excluding hydrogens is 352 g/mol. The molecule has 1 unspecified atom stereocenters. The van der Waals surface area contributed by atoms with Crippen LogP contribution in [0.2, 0.25) is 5.02 Å². The smallest absolute Gasteiger partial charge is 0.252 e. The van der Waals surface area contributed by atoms with Gasteiger partial charge in [0, 0.05) is 16.1 Å². The number of fused-ring (bicyclic) bond motifs is 1. The monoisotopic (exact) mass is 374 g/mol. The first-order valence-electron chi connectivity index (χ1n) is 8.49. The zero-order valence-electron chi connectivity index (χ0n) is 14.8. The Hall–Kier alpha value is -1.65. The lowest BCUT2D eigenvalue weighted by molar-refractivity contribution is 0.1000. The van der Waals surface area contributed by atoms with Crippen LogP contribution in [0.15, 0.2) is 29.3 Å². The minimum absolute atomic E-state index is 0.265. The highest BCUT2D eigenvalue weighted by Crippen LogP contribution is 2.45. The number of aliphatic imine (C=N–C) groups is 1. The molecule has 5 heteroatoms. The van der Waals surface area contributed by atoms with Crippen molar-refractivity contribution in [3.05, 3.63) is 50.9 Å². The average Bonchev–Trinajstić information content (AvgIpc) is 2.91. The molecule has 1 aliphatic carbocycles. The Morgan fingerprint density at radius 1 is 1.32 bits per heavy atom. The molecule has 1 aliphatic rings. The maximum atomic E-state index is 12.0. The van der Waals surface area contributed by atoms with E-state index in [1.54, 1.807) is 17.6 Å². The molecule has 1 aromatic carbocycles. The van der Waals surface area contributed by atoms with Gasteiger partial charge in [-0.25, -0.2) is 4.99 Å². The third-order valence-corrected chi connectivity index (χ3v) is 6.33. The van der Waals surface area contributed by atoms with Crippen LogP contribution in [0.3, 0.4) is 0 Å². The quantitative estimate of drug-likeness (QED) is 0.718. The summed E-state index contributed by atoms with van der Waals surface area (Å²) in [6.07, 6.45) is 4.76. The SMILES string of the molecule is CC(C)(C)C1CCc2c(sc(/N=C/c3ccc(Cl)cc3)c2C(N)=O)C1. The highest BCUT2D eigenvalue weighted by molar-refractivity contribution is 7.16. The molecule has 3 rings (SSSR count). The van der Waals surface area contributed by atoms with Crippen molar-refractivity contribution in [3.8, 4) is 0 Å². The maximum Gasteiger partial charge on any atom is 0.252 e. The summed E-state index contributed by atoms with van der Waals surface area (Å²) >= 11 is 7.52. The van der Waals surface area contributed by atoms with E-state index in [4.69, 9.17) is 17.3 Å². The molecule has 0 bridgehead atoms. The van der Waals surface area contributed by atoms with Crippen molar-refractivity contribution >= 4 is 40.1 Å². The van der Waals surface area contributed by atoms with Crippen LogP contribution in [-0.2, 0) is 12.8 Å². The van der Waals surface area contributed by atoms with E-state index >= 15 is 0 Å². The Labute approximate surface area is 157 Å². The minimum Gasteiger partial charge on any atom is -0.365 e. The van der Waals surface area contributed by atoms with E-state index in [0.717, 1.165) is 35.4 Å². The fourth-order valence-electron chi connectivity index (χ4n) is 3.34. The maximum absolute atomic E-state index is 12.0. The lowest BCUT2D eigenvalue weighted by atomic mass is 9.72. The van der Waals surface area contributed by atoms with E-state index in [0.29, 0.717) is 16.5 Å². The van der Waals surface area contributed by atoms with E-state index in [-0.39, 0.29) is 11.3 Å². The second-order valence-electron chi connectivity index (χ2n) is 7.66. The van der Waals surface area contributed by atoms with E-state index in [2.05, 4.69) is 25.8 Å². The number of primary amides is 1. The molecule has 2 N–H and O–H groups in total. The normalized spacial score (nSPS) is 17.7. The summed E-state index contributed by atoms with van der Waals surface area (Å²) in [4.78, 5) is 17.9. The number of rotatable bonds is 3. The van der Waals surface area contributed by atoms with Crippen molar-refractivity contribution in [2.24, 2.45) is 22.1 Å². The molecule has 0 radical (unpaired) electrons. The van der Waals surface area contributed by atoms with Crippen molar-refractivity contribution in [2.75, 3.05) is 0 Å². The van der Waals surface area contributed by atoms with Crippen LogP contribution < -0.4 is 5.73 Å². The Kier molecular flexibility index (Phi) is 5.03. The molecule has 1 amide bonds. The molecule has 3 nitrogen and oxygen atoms in total. The molecular formula is C20H23ClN2OS. The van der Waals surface area contributed by atoms with Crippen molar-refractivity contribution in [2.45, 2.75) is 40.0 Å². The molecule has 1 atom stereocenters. The summed E-state index contributed by atoms with van der Waals surface area (Å²) < 4.78 is 0. The van der Waals surface area contributed by atoms with Gasteiger partial charge >= 0.3 is 0 Å². The van der Waals surface area contributed by atoms with Crippen molar-refractivity contribution in [1.82, 2.24) is 0 Å². The fourth-order valence-corrected chi connectivity index (χ4v) is 4.74. The van der Waals surface area contributed by atoms with Crippen LogP contribution in [0.25, 0.3) is 0 Å². The number of carbonyl (C=O) groups excluding carboxylic acids is 1. The summed E-state index contributed by atoms with van der Waals surface area (Å²) in [5.74, 6) is 0.238. The van der Waals surface area contributed by atoms with Gasteiger partial charge in [0.1, 0.15) is 5.00 Å². The van der Waals surface area contributed by atoms with Gasteiger partial charge in [0.05, 0.1) is 5.56 Å². The number of hydrogen-bond donors (Lipinski definition) is 1. The van der Waals surface area contributed by atoms with E-state index in [9.17, 15) is 4.79 Å². The van der Waals surface area contributed by atoms with Gasteiger partial charge in [-0.2, -0.15) is 0 Å². The Balaban J connectivity index is 1.94. The van der Waals surface area contributed by atoms with E-state index in [1.807, 2.05) is 24.3 Å². The molecule has 2 aromatic rings. The van der Waals surface area contributed by atoms with Crippen LogP contribution in [-0.4, -0.2) is 12.1 Å². The molecule has 0 aliphatic heterocycles. The molecule has 1 heterocycles. The highest BCUT2D eigenvalue weighted by Gasteiger charge is 2.33. The molecule has 0 fully saturated rings. The number of halogens is 1. The molecule has 132 valence electrons. The lowest BCUT2D eigenvalue weighted by Gasteiger charge is -2.33. The number of hydrogen-bond acceptors (Lipinski definition) is 3. The molecule has 25 heavy (non-hydrogen) atoms. The number of thiophene rings is 1. The zero-order chi connectivity index (χ0) is 18.2. The van der Waals surface area contributed by atoms with Crippen LogP contribution in [0.4, 0.5) is 5.00 Å². The summed E-state index contributed by atoms with van der Waals surface area (Å²) in [6, 6.07) is 7.45. The topological polar surface area (TPSA) is 55.4 Å². The highest BCUT2D eigenvalue weighted by atomic mass is 35.5. The largest absolute Gasteiger partial charge is 0.365 e. The minimum atomic E-state index is -0.380. The second kappa shape index (κ2) is 6.93. The van der Waals surface area contributed by atoms with Crippen molar-refractivity contribution < 1.29 is 4.79 Å². The van der Waals surface area contributed by atoms with E-state index < -0.39 is 0 Å². The van der Waals surface area contributed by atoms with Gasteiger partial charge in [-0.1, -0.05) is 44.5 Å². The van der Waals surface area contributed by atoms with Gasteiger partial charge in [-0.05, 0) is 53.9 Å². The van der Waals surface area contributed by atoms with Gasteiger partial charge < -0.3 is 5.73 Å². The molecule has 1 aromatic heterocycles. The number of benzene rings is 1. The first-order chi connectivity index (χ1) is 11.8. The predicted octanol–water partition coefficient (Wildman–Crippen LogP) is 5.40. The molecule has 0 saturated heterocycles. The Bertz CT molecular complexity index is 815. The molecule has 0 saturated carbocycles. The number of nitrogens with two attached hydrogens (primary N) is 1. The number of amides is 1. The van der Waals surface area contributed by atoms with Crippen LogP contribution >= 0.6 is 22.9 Å². The van der Waals surface area contributed by atoms with Crippen LogP contribution in [0, 0.1) is 11.3 Å². The Morgan fingerprint density at radius 2 is 2.00 bits per heavy atom. The zero-order valence-corrected chi connectivity index (χ0v) is 16.4. The number of nitrogens with zero attached hydrogens (tertiary/aromatic N) is 1. The summed E-state index contributed by atoms with van der Waals surface area (Å²) in [5.41, 5.74) is 8.60. The van der Waals surface area contributed by atoms with Crippen molar-refractivity contribution in [3.63, 3.8) is 0 Å². The second-order valence-corrected chi connectivity index (χ2v) is 9.18.